The second-order valence-electron chi connectivity index (χ2n) is 5.79. The highest BCUT2D eigenvalue weighted by Gasteiger charge is 1.99. The van der Waals surface area contributed by atoms with Crippen LogP contribution in [0.1, 0.15) is 76.7 Å². The van der Waals surface area contributed by atoms with Gasteiger partial charge < -0.3 is 5.73 Å². The van der Waals surface area contributed by atoms with Crippen molar-refractivity contribution in [2.45, 2.75) is 77.6 Å². The summed E-state index contributed by atoms with van der Waals surface area (Å²) in [6.07, 6.45) is 14.9. The van der Waals surface area contributed by atoms with Gasteiger partial charge in [0.25, 0.3) is 0 Å². The van der Waals surface area contributed by atoms with Gasteiger partial charge in [-0.2, -0.15) is 0 Å². The van der Waals surface area contributed by atoms with Crippen LogP contribution in [0.15, 0.2) is 18.2 Å². The molecule has 0 aliphatic carbocycles. The van der Waals surface area contributed by atoms with Crippen LogP contribution in [0.4, 0.5) is 5.69 Å². The molecule has 114 valence electrons. The summed E-state index contributed by atoms with van der Waals surface area (Å²) in [6, 6.07) is 6.01. The van der Waals surface area contributed by atoms with Crippen LogP contribution in [0.5, 0.6) is 0 Å². The van der Waals surface area contributed by atoms with E-state index in [1.54, 1.807) is 0 Å². The Morgan fingerprint density at radius 2 is 1.40 bits per heavy atom. The van der Waals surface area contributed by atoms with Gasteiger partial charge in [0.1, 0.15) is 0 Å². The Hall–Kier alpha value is -0.690. The van der Waals surface area contributed by atoms with Crippen molar-refractivity contribution in [1.82, 2.24) is 0 Å². The molecule has 20 heavy (non-hydrogen) atoms. The van der Waals surface area contributed by atoms with Crippen LogP contribution in [0.25, 0.3) is 0 Å². The summed E-state index contributed by atoms with van der Waals surface area (Å²) in [7, 11) is 0. The minimum absolute atomic E-state index is 0.679. The van der Waals surface area contributed by atoms with E-state index in [1.165, 1.54) is 69.8 Å². The fourth-order valence-corrected chi connectivity index (χ4v) is 2.75. The summed E-state index contributed by atoms with van der Waals surface area (Å²) in [6.45, 7) is 2.27. The molecular weight excluding hydrogens is 266 g/mol. The molecule has 0 aliphatic rings. The number of nitrogens with two attached hydrogens (primary N) is 1. The molecule has 1 aromatic rings. The van der Waals surface area contributed by atoms with E-state index in [0.29, 0.717) is 10.7 Å². The third-order valence-electron chi connectivity index (χ3n) is 3.88. The number of unbranched alkanes of at least 4 members (excludes halogenated alkanes) is 9. The highest BCUT2D eigenvalue weighted by molar-refractivity contribution is 6.33. The minimum Gasteiger partial charge on any atom is -0.398 e. The van der Waals surface area contributed by atoms with Crippen molar-refractivity contribution in [3.63, 3.8) is 0 Å². The lowest BCUT2D eigenvalue weighted by Gasteiger charge is -2.05. The van der Waals surface area contributed by atoms with Crippen LogP contribution in [0.3, 0.4) is 0 Å². The molecule has 0 radical (unpaired) electrons. The average molecular weight is 296 g/mol. The third kappa shape index (κ3) is 7.79. The highest BCUT2D eigenvalue weighted by Crippen LogP contribution is 2.21. The first-order chi connectivity index (χ1) is 9.74. The Morgan fingerprint density at radius 1 is 0.850 bits per heavy atom. The lowest BCUT2D eigenvalue weighted by molar-refractivity contribution is 0.556. The highest BCUT2D eigenvalue weighted by atomic mass is 35.5. The van der Waals surface area contributed by atoms with Crippen molar-refractivity contribution >= 4 is 17.3 Å². The fourth-order valence-electron chi connectivity index (χ4n) is 2.54. The number of nitrogen functional groups attached to an aromatic ring is 1. The first kappa shape index (κ1) is 17.4. The number of anilines is 1. The van der Waals surface area contributed by atoms with E-state index >= 15 is 0 Å². The molecule has 0 saturated carbocycles. The molecular formula is C18H30ClN. The first-order valence-electron chi connectivity index (χ1n) is 8.28. The van der Waals surface area contributed by atoms with E-state index in [-0.39, 0.29) is 0 Å². The van der Waals surface area contributed by atoms with Crippen LogP contribution in [-0.4, -0.2) is 0 Å². The maximum absolute atomic E-state index is 6.02. The second kappa shape index (κ2) is 11.0. The normalized spacial score (nSPS) is 10.9. The van der Waals surface area contributed by atoms with Gasteiger partial charge in [0.2, 0.25) is 0 Å². The van der Waals surface area contributed by atoms with Crippen molar-refractivity contribution in [1.29, 1.82) is 0 Å². The maximum atomic E-state index is 6.02. The number of benzene rings is 1. The average Bonchev–Trinajstić information content (AvgIpc) is 2.45. The fraction of sp³-hybridized carbons (Fsp3) is 0.667. The van der Waals surface area contributed by atoms with Crippen molar-refractivity contribution in [3.8, 4) is 0 Å². The predicted octanol–water partition coefficient (Wildman–Crippen LogP) is 6.39. The summed E-state index contributed by atoms with van der Waals surface area (Å²) in [4.78, 5) is 0. The molecule has 0 aromatic heterocycles. The van der Waals surface area contributed by atoms with Gasteiger partial charge in [0.15, 0.2) is 0 Å². The van der Waals surface area contributed by atoms with Crippen molar-refractivity contribution in [2.75, 3.05) is 5.73 Å². The molecule has 0 atom stereocenters. The molecule has 1 aromatic carbocycles. The second-order valence-corrected chi connectivity index (χ2v) is 6.20. The molecule has 0 bridgehead atoms. The monoisotopic (exact) mass is 295 g/mol. The number of hydrogen-bond acceptors (Lipinski definition) is 1. The molecule has 2 N–H and O–H groups in total. The van der Waals surface area contributed by atoms with E-state index < -0.39 is 0 Å². The Balaban J connectivity index is 1.95. The molecule has 2 heteroatoms. The van der Waals surface area contributed by atoms with Crippen LogP contribution < -0.4 is 5.73 Å². The Morgan fingerprint density at radius 3 is 1.95 bits per heavy atom. The van der Waals surface area contributed by atoms with E-state index in [1.807, 2.05) is 12.1 Å². The van der Waals surface area contributed by atoms with Gasteiger partial charge in [-0.3, -0.25) is 0 Å². The SMILES string of the molecule is CCCCCCCCCCCCc1ccc(N)c(Cl)c1. The van der Waals surface area contributed by atoms with Gasteiger partial charge >= 0.3 is 0 Å². The van der Waals surface area contributed by atoms with Crippen molar-refractivity contribution in [2.24, 2.45) is 0 Å². The van der Waals surface area contributed by atoms with Gasteiger partial charge in [-0.1, -0.05) is 82.4 Å². The third-order valence-corrected chi connectivity index (χ3v) is 4.21. The van der Waals surface area contributed by atoms with E-state index in [2.05, 4.69) is 13.0 Å². The quantitative estimate of drug-likeness (QED) is 0.372. The zero-order valence-electron chi connectivity index (χ0n) is 13.0. The number of rotatable bonds is 11. The van der Waals surface area contributed by atoms with Gasteiger partial charge in [0.05, 0.1) is 10.7 Å². The number of halogens is 1. The van der Waals surface area contributed by atoms with Crippen molar-refractivity contribution < 1.29 is 0 Å². The van der Waals surface area contributed by atoms with E-state index in [0.717, 1.165) is 6.42 Å². The summed E-state index contributed by atoms with van der Waals surface area (Å²) in [5.74, 6) is 0. The van der Waals surface area contributed by atoms with Gasteiger partial charge in [-0.15, -0.1) is 0 Å². The molecule has 0 amide bonds. The number of hydrogen-bond donors (Lipinski definition) is 1. The minimum atomic E-state index is 0.679. The topological polar surface area (TPSA) is 26.0 Å². The molecule has 0 aliphatic heterocycles. The lowest BCUT2D eigenvalue weighted by atomic mass is 10.0. The molecule has 1 rings (SSSR count). The van der Waals surface area contributed by atoms with Gasteiger partial charge in [-0.05, 0) is 30.5 Å². The summed E-state index contributed by atoms with van der Waals surface area (Å²) >= 11 is 6.02. The molecule has 0 spiro atoms. The Labute approximate surface area is 129 Å². The smallest absolute Gasteiger partial charge is 0.0638 e. The van der Waals surface area contributed by atoms with E-state index in [9.17, 15) is 0 Å². The van der Waals surface area contributed by atoms with Crippen LogP contribution in [0.2, 0.25) is 5.02 Å². The zero-order valence-corrected chi connectivity index (χ0v) is 13.7. The van der Waals surface area contributed by atoms with E-state index in [4.69, 9.17) is 17.3 Å². The first-order valence-corrected chi connectivity index (χ1v) is 8.65. The number of aryl methyl sites for hydroxylation is 1. The van der Waals surface area contributed by atoms with Crippen LogP contribution >= 0.6 is 11.6 Å². The Bertz CT molecular complexity index is 362. The lowest BCUT2D eigenvalue weighted by Crippen LogP contribution is -1.90. The largest absolute Gasteiger partial charge is 0.398 e. The Kier molecular flexibility index (Phi) is 9.57. The van der Waals surface area contributed by atoms with Crippen LogP contribution in [0, 0.1) is 0 Å². The standard InChI is InChI=1S/C18H30ClN/c1-2-3-4-5-6-7-8-9-10-11-12-16-13-14-18(20)17(19)15-16/h13-15H,2-12,20H2,1H3. The van der Waals surface area contributed by atoms with Crippen molar-refractivity contribution in [3.05, 3.63) is 28.8 Å². The molecule has 0 heterocycles. The summed E-state index contributed by atoms with van der Waals surface area (Å²) < 4.78 is 0. The summed E-state index contributed by atoms with van der Waals surface area (Å²) in [5.41, 5.74) is 7.70. The molecule has 0 saturated heterocycles. The summed E-state index contributed by atoms with van der Waals surface area (Å²) in [5, 5.41) is 0.689. The molecule has 0 fully saturated rings. The maximum Gasteiger partial charge on any atom is 0.0638 e. The van der Waals surface area contributed by atoms with Gasteiger partial charge in [-0.25, -0.2) is 0 Å². The molecule has 1 nitrogen and oxygen atoms in total. The van der Waals surface area contributed by atoms with Gasteiger partial charge in [0, 0.05) is 0 Å². The predicted molar refractivity (Wildman–Crippen MR) is 91.4 cm³/mol. The zero-order chi connectivity index (χ0) is 14.6. The molecule has 0 unspecified atom stereocenters. The van der Waals surface area contributed by atoms with Crippen LogP contribution in [-0.2, 0) is 6.42 Å².